The number of rotatable bonds is 7. The van der Waals surface area contributed by atoms with Crippen molar-refractivity contribution in [3.8, 4) is 0 Å². The number of aliphatic hydroxyl groups excluding tert-OH is 1. The van der Waals surface area contributed by atoms with Crippen LogP contribution >= 0.6 is 0 Å². The SMILES string of the molecule is CNC(=O)[C@@H]1[C@@H](OC(=O)c2ccccc2)[C@@H](O)[C@H](OC(=O)c2ccccc2)CN1Cc1ccccc1. The van der Waals surface area contributed by atoms with Gasteiger partial charge in [-0.3, -0.25) is 9.69 Å². The molecule has 1 aliphatic rings. The van der Waals surface area contributed by atoms with E-state index in [1.165, 1.54) is 7.05 Å². The van der Waals surface area contributed by atoms with E-state index in [1.54, 1.807) is 65.6 Å². The summed E-state index contributed by atoms with van der Waals surface area (Å²) in [5.41, 5.74) is 1.51. The number of amides is 1. The highest BCUT2D eigenvalue weighted by Crippen LogP contribution is 2.27. The first-order valence-corrected chi connectivity index (χ1v) is 11.7. The maximum atomic E-state index is 13.0. The number of aliphatic hydroxyl groups is 1. The number of nitrogens with zero attached hydrogens (tertiary/aromatic N) is 1. The van der Waals surface area contributed by atoms with Crippen LogP contribution in [0.1, 0.15) is 26.3 Å². The fourth-order valence-corrected chi connectivity index (χ4v) is 4.29. The van der Waals surface area contributed by atoms with E-state index in [0.29, 0.717) is 12.1 Å². The van der Waals surface area contributed by atoms with Gasteiger partial charge in [0.1, 0.15) is 18.2 Å². The Bertz CT molecular complexity index is 1170. The van der Waals surface area contributed by atoms with E-state index in [0.717, 1.165) is 5.56 Å². The number of hydrogen-bond acceptors (Lipinski definition) is 7. The molecule has 186 valence electrons. The van der Waals surface area contributed by atoms with Crippen molar-refractivity contribution < 1.29 is 29.0 Å². The predicted molar refractivity (Wildman–Crippen MR) is 132 cm³/mol. The van der Waals surface area contributed by atoms with Crippen LogP contribution in [-0.2, 0) is 20.8 Å². The second-order valence-corrected chi connectivity index (χ2v) is 8.51. The number of ether oxygens (including phenoxy) is 2. The van der Waals surface area contributed by atoms with Gasteiger partial charge in [0.15, 0.2) is 6.10 Å². The van der Waals surface area contributed by atoms with E-state index in [9.17, 15) is 19.5 Å². The molecule has 0 unspecified atom stereocenters. The van der Waals surface area contributed by atoms with Crippen LogP contribution in [0.5, 0.6) is 0 Å². The Morgan fingerprint density at radius 3 is 1.86 bits per heavy atom. The minimum absolute atomic E-state index is 0.0616. The van der Waals surface area contributed by atoms with E-state index in [2.05, 4.69) is 5.32 Å². The van der Waals surface area contributed by atoms with Crippen molar-refractivity contribution in [1.82, 2.24) is 10.2 Å². The lowest BCUT2D eigenvalue weighted by molar-refractivity contribution is -0.160. The van der Waals surface area contributed by atoms with Crippen molar-refractivity contribution in [2.75, 3.05) is 13.6 Å². The van der Waals surface area contributed by atoms with E-state index >= 15 is 0 Å². The van der Waals surface area contributed by atoms with Gasteiger partial charge in [-0.25, -0.2) is 9.59 Å². The molecule has 3 aromatic rings. The molecule has 0 spiro atoms. The first-order valence-electron chi connectivity index (χ1n) is 11.7. The summed E-state index contributed by atoms with van der Waals surface area (Å²) in [6.07, 6.45) is -3.76. The molecule has 1 fully saturated rings. The third-order valence-corrected chi connectivity index (χ3v) is 6.10. The molecule has 0 bridgehead atoms. The highest BCUT2D eigenvalue weighted by atomic mass is 16.6. The van der Waals surface area contributed by atoms with Crippen LogP contribution in [-0.4, -0.2) is 65.8 Å². The molecule has 1 amide bonds. The summed E-state index contributed by atoms with van der Waals surface area (Å²) in [5, 5.41) is 13.9. The summed E-state index contributed by atoms with van der Waals surface area (Å²) in [7, 11) is 1.48. The monoisotopic (exact) mass is 488 g/mol. The van der Waals surface area contributed by atoms with Gasteiger partial charge in [0.25, 0.3) is 0 Å². The molecule has 1 aliphatic heterocycles. The van der Waals surface area contributed by atoms with Crippen LogP contribution in [0.3, 0.4) is 0 Å². The lowest BCUT2D eigenvalue weighted by Crippen LogP contribution is -2.66. The first kappa shape index (κ1) is 25.1. The lowest BCUT2D eigenvalue weighted by Gasteiger charge is -2.45. The maximum Gasteiger partial charge on any atom is 0.338 e. The van der Waals surface area contributed by atoms with Gasteiger partial charge in [0.05, 0.1) is 11.1 Å². The molecule has 2 N–H and O–H groups in total. The number of carbonyl (C=O) groups is 3. The summed E-state index contributed by atoms with van der Waals surface area (Å²) < 4.78 is 11.4. The van der Waals surface area contributed by atoms with Crippen LogP contribution in [0.2, 0.25) is 0 Å². The smallest absolute Gasteiger partial charge is 0.338 e. The quantitative estimate of drug-likeness (QED) is 0.492. The molecule has 3 aromatic carbocycles. The van der Waals surface area contributed by atoms with E-state index in [1.807, 2.05) is 30.3 Å². The Kier molecular flexibility index (Phi) is 8.10. The molecule has 4 atom stereocenters. The number of nitrogens with one attached hydrogen (secondary N) is 1. The molecule has 36 heavy (non-hydrogen) atoms. The normalized spacial score (nSPS) is 21.8. The summed E-state index contributed by atoms with van der Waals surface area (Å²) in [6.45, 7) is 0.372. The van der Waals surface area contributed by atoms with Crippen LogP contribution in [0.4, 0.5) is 0 Å². The van der Waals surface area contributed by atoms with Gasteiger partial charge in [-0.1, -0.05) is 66.7 Å². The van der Waals surface area contributed by atoms with E-state index < -0.39 is 42.2 Å². The summed E-state index contributed by atoms with van der Waals surface area (Å²) in [4.78, 5) is 40.5. The van der Waals surface area contributed by atoms with Gasteiger partial charge in [0, 0.05) is 20.1 Å². The van der Waals surface area contributed by atoms with Crippen LogP contribution in [0.25, 0.3) is 0 Å². The van der Waals surface area contributed by atoms with Gasteiger partial charge in [0.2, 0.25) is 5.91 Å². The molecular weight excluding hydrogens is 460 g/mol. The Hall–Kier alpha value is -4.01. The number of benzene rings is 3. The number of likely N-dealkylation sites (N-methyl/N-ethyl adjacent to an activating group) is 1. The third kappa shape index (κ3) is 5.79. The molecule has 4 rings (SSSR count). The zero-order valence-corrected chi connectivity index (χ0v) is 19.8. The average molecular weight is 489 g/mol. The zero-order valence-electron chi connectivity index (χ0n) is 19.8. The van der Waals surface area contributed by atoms with Crippen LogP contribution in [0.15, 0.2) is 91.0 Å². The molecule has 8 heteroatoms. The van der Waals surface area contributed by atoms with E-state index in [-0.39, 0.29) is 12.1 Å². The second kappa shape index (κ2) is 11.6. The standard InChI is InChI=1S/C28H28N2O6/c1-29-26(32)23-25(36-28(34)21-15-9-4-10-16-21)24(31)22(35-27(33)20-13-7-3-8-14-20)18-30(23)17-19-11-5-2-6-12-19/h2-16,22-25,31H,17-18H2,1H3,(H,29,32)/t22-,23+,24+,25-/m1/s1. The molecule has 0 aromatic heterocycles. The molecule has 0 saturated carbocycles. The first-order chi connectivity index (χ1) is 17.5. The minimum Gasteiger partial charge on any atom is -0.454 e. The van der Waals surface area contributed by atoms with Crippen molar-refractivity contribution in [2.45, 2.75) is 30.9 Å². The second-order valence-electron chi connectivity index (χ2n) is 8.51. The highest BCUT2D eigenvalue weighted by molar-refractivity contribution is 5.91. The number of esters is 2. The maximum absolute atomic E-state index is 13.0. The Morgan fingerprint density at radius 1 is 0.833 bits per heavy atom. The fraction of sp³-hybridized carbons (Fsp3) is 0.250. The number of carbonyl (C=O) groups excluding carboxylic acids is 3. The number of hydrogen-bond donors (Lipinski definition) is 2. The summed E-state index contributed by atoms with van der Waals surface area (Å²) in [5.74, 6) is -1.74. The Balaban J connectivity index is 1.66. The van der Waals surface area contributed by atoms with Crippen LogP contribution < -0.4 is 5.32 Å². The van der Waals surface area contributed by atoms with Crippen molar-refractivity contribution in [3.63, 3.8) is 0 Å². The van der Waals surface area contributed by atoms with Crippen molar-refractivity contribution in [1.29, 1.82) is 0 Å². The molecule has 1 heterocycles. The number of piperidine rings is 1. The fourth-order valence-electron chi connectivity index (χ4n) is 4.29. The minimum atomic E-state index is -1.43. The van der Waals surface area contributed by atoms with Gasteiger partial charge in [-0.2, -0.15) is 0 Å². The summed E-state index contributed by atoms with van der Waals surface area (Å²) in [6, 6.07) is 25.2. The third-order valence-electron chi connectivity index (χ3n) is 6.10. The molecule has 1 saturated heterocycles. The topological polar surface area (TPSA) is 105 Å². The molecule has 8 nitrogen and oxygen atoms in total. The predicted octanol–water partition coefficient (Wildman–Crippen LogP) is 2.43. The zero-order chi connectivity index (χ0) is 25.5. The van der Waals surface area contributed by atoms with E-state index in [4.69, 9.17) is 9.47 Å². The van der Waals surface area contributed by atoms with Crippen LogP contribution in [0, 0.1) is 0 Å². The van der Waals surface area contributed by atoms with Crippen molar-refractivity contribution >= 4 is 17.8 Å². The summed E-state index contributed by atoms with van der Waals surface area (Å²) >= 11 is 0. The van der Waals surface area contributed by atoms with Gasteiger partial charge in [-0.05, 0) is 29.8 Å². The molecule has 0 aliphatic carbocycles. The average Bonchev–Trinajstić information content (AvgIpc) is 2.92. The van der Waals surface area contributed by atoms with Crippen molar-refractivity contribution in [2.24, 2.45) is 0 Å². The largest absolute Gasteiger partial charge is 0.454 e. The highest BCUT2D eigenvalue weighted by Gasteiger charge is 2.50. The number of likely N-dealkylation sites (tertiary alicyclic amines) is 1. The van der Waals surface area contributed by atoms with Gasteiger partial charge < -0.3 is 19.9 Å². The Labute approximate surface area is 209 Å². The molecular formula is C28H28N2O6. The lowest BCUT2D eigenvalue weighted by atomic mass is 9.92. The Morgan fingerprint density at radius 2 is 1.33 bits per heavy atom. The van der Waals surface area contributed by atoms with Crippen molar-refractivity contribution in [3.05, 3.63) is 108 Å². The molecule has 0 radical (unpaired) electrons. The van der Waals surface area contributed by atoms with Gasteiger partial charge in [-0.15, -0.1) is 0 Å². The van der Waals surface area contributed by atoms with Gasteiger partial charge >= 0.3 is 11.9 Å².